The quantitative estimate of drug-likeness (QED) is 0.337. The standard InChI is InChI=1S/C9H16B.3K/c1-4-5-8(2)6-9(3)7-10;;;/h8-9H,1-7H2;;;/q-3;3*+1. The van der Waals surface area contributed by atoms with Gasteiger partial charge in [-0.1, -0.05) is 0 Å². The Hall–Kier alpha value is 4.97. The second-order valence-electron chi connectivity index (χ2n) is 2.85. The smallest absolute Gasteiger partial charge is 0.343 e. The predicted molar refractivity (Wildman–Crippen MR) is 47.5 cm³/mol. The molecule has 2 atom stereocenters. The van der Waals surface area contributed by atoms with Crippen molar-refractivity contribution in [1.29, 1.82) is 0 Å². The van der Waals surface area contributed by atoms with Crippen LogP contribution in [0.5, 0.6) is 0 Å². The van der Waals surface area contributed by atoms with Crippen LogP contribution in [0.15, 0.2) is 0 Å². The maximum absolute atomic E-state index is 5.41. The fraction of sp³-hybridized carbons (Fsp3) is 0.667. The van der Waals surface area contributed by atoms with Crippen LogP contribution in [0, 0.1) is 32.6 Å². The van der Waals surface area contributed by atoms with Crippen molar-refractivity contribution in [2.24, 2.45) is 11.8 Å². The van der Waals surface area contributed by atoms with Gasteiger partial charge in [-0.25, -0.2) is 0 Å². The normalized spacial score (nSPS) is 12.8. The van der Waals surface area contributed by atoms with Gasteiger partial charge in [0.25, 0.3) is 0 Å². The Morgan fingerprint density at radius 2 is 1.46 bits per heavy atom. The van der Waals surface area contributed by atoms with Crippen molar-refractivity contribution in [3.05, 3.63) is 20.8 Å². The molecule has 0 spiro atoms. The van der Waals surface area contributed by atoms with Gasteiger partial charge < -0.3 is 20.8 Å². The van der Waals surface area contributed by atoms with Gasteiger partial charge in [0.2, 0.25) is 0 Å². The zero-order valence-electron chi connectivity index (χ0n) is 9.68. The number of rotatable bonds is 5. The molecule has 0 rings (SSSR count). The SMILES string of the molecule is [B]CC([CH2-])CC([CH2-])CC[CH2-].[K+].[K+].[K+]. The molecular weight excluding hydrogens is 236 g/mol. The number of hydrogen-bond donors (Lipinski definition) is 0. The third-order valence-electron chi connectivity index (χ3n) is 1.61. The summed E-state index contributed by atoms with van der Waals surface area (Å²) in [7, 11) is 5.41. The Morgan fingerprint density at radius 1 is 1.00 bits per heavy atom. The van der Waals surface area contributed by atoms with Crippen LogP contribution in [0.4, 0.5) is 0 Å². The summed E-state index contributed by atoms with van der Waals surface area (Å²) in [6, 6.07) is 0. The fourth-order valence-electron chi connectivity index (χ4n) is 0.974. The Bertz CT molecular complexity index is 81.3. The second kappa shape index (κ2) is 19.3. The van der Waals surface area contributed by atoms with Crippen molar-refractivity contribution in [1.82, 2.24) is 0 Å². The van der Waals surface area contributed by atoms with E-state index in [1.165, 1.54) is 0 Å². The molecule has 0 aliphatic carbocycles. The zero-order chi connectivity index (χ0) is 7.98. The third kappa shape index (κ3) is 19.5. The van der Waals surface area contributed by atoms with E-state index in [2.05, 4.69) is 20.8 Å². The first kappa shape index (κ1) is 26.5. The molecule has 58 valence electrons. The molecular formula is C9H16BK3. The first-order chi connectivity index (χ1) is 4.70. The van der Waals surface area contributed by atoms with Crippen molar-refractivity contribution < 1.29 is 154 Å². The van der Waals surface area contributed by atoms with Crippen molar-refractivity contribution in [2.45, 2.75) is 25.6 Å². The molecule has 0 nitrogen and oxygen atoms in total. The van der Waals surface area contributed by atoms with E-state index in [4.69, 9.17) is 7.85 Å². The molecule has 0 heterocycles. The largest absolute Gasteiger partial charge is 1.00 e. The molecule has 0 N–H and O–H groups in total. The Labute approximate surface area is 214 Å². The first-order valence-electron chi connectivity index (χ1n) is 3.86. The van der Waals surface area contributed by atoms with Gasteiger partial charge >= 0.3 is 154 Å². The second-order valence-corrected chi connectivity index (χ2v) is 2.85. The van der Waals surface area contributed by atoms with E-state index >= 15 is 0 Å². The molecule has 0 aromatic rings. The van der Waals surface area contributed by atoms with E-state index in [1.54, 1.807) is 0 Å². The van der Waals surface area contributed by atoms with Crippen LogP contribution >= 0.6 is 0 Å². The summed E-state index contributed by atoms with van der Waals surface area (Å²) in [5.41, 5.74) is 0. The monoisotopic (exact) mass is 252 g/mol. The van der Waals surface area contributed by atoms with E-state index < -0.39 is 0 Å². The molecule has 0 saturated heterocycles. The van der Waals surface area contributed by atoms with Gasteiger partial charge in [-0.15, -0.1) is 19.2 Å². The molecule has 2 unspecified atom stereocenters. The molecule has 0 fully saturated rings. The van der Waals surface area contributed by atoms with Crippen molar-refractivity contribution in [3.8, 4) is 0 Å². The van der Waals surface area contributed by atoms with Crippen LogP contribution in [0.1, 0.15) is 19.3 Å². The van der Waals surface area contributed by atoms with Gasteiger partial charge in [0.1, 0.15) is 0 Å². The van der Waals surface area contributed by atoms with E-state index in [-0.39, 0.29) is 154 Å². The molecule has 0 bridgehead atoms. The number of hydrogen-bond acceptors (Lipinski definition) is 0. The molecule has 2 radical (unpaired) electrons. The minimum absolute atomic E-state index is 0. The maximum atomic E-state index is 5.41. The average Bonchev–Trinajstić information content (AvgIpc) is 1.88. The molecule has 4 heteroatoms. The molecule has 0 aromatic carbocycles. The van der Waals surface area contributed by atoms with Gasteiger partial charge in [0.05, 0.1) is 7.85 Å². The van der Waals surface area contributed by atoms with Crippen LogP contribution in [-0.4, -0.2) is 7.85 Å². The minimum atomic E-state index is 0. The third-order valence-corrected chi connectivity index (χ3v) is 1.61. The van der Waals surface area contributed by atoms with Crippen LogP contribution in [0.25, 0.3) is 0 Å². The summed E-state index contributed by atoms with van der Waals surface area (Å²) < 4.78 is 0. The van der Waals surface area contributed by atoms with E-state index in [0.29, 0.717) is 18.2 Å². The van der Waals surface area contributed by atoms with Gasteiger partial charge in [-0.05, 0) is 0 Å². The molecule has 0 aliphatic rings. The van der Waals surface area contributed by atoms with Crippen LogP contribution in [-0.2, 0) is 0 Å². The summed E-state index contributed by atoms with van der Waals surface area (Å²) in [6.45, 7) is 11.6. The van der Waals surface area contributed by atoms with E-state index in [0.717, 1.165) is 19.3 Å². The van der Waals surface area contributed by atoms with Gasteiger partial charge in [0.15, 0.2) is 0 Å². The summed E-state index contributed by atoms with van der Waals surface area (Å²) in [5.74, 6) is 0.859. The summed E-state index contributed by atoms with van der Waals surface area (Å²) in [4.78, 5) is 0. The molecule has 13 heavy (non-hydrogen) atoms. The topological polar surface area (TPSA) is 0 Å². The molecule has 0 aromatic heterocycles. The Morgan fingerprint density at radius 3 is 1.77 bits per heavy atom. The van der Waals surface area contributed by atoms with Crippen LogP contribution in [0.3, 0.4) is 0 Å². The summed E-state index contributed by atoms with van der Waals surface area (Å²) in [5, 5.41) is 0. The average molecular weight is 252 g/mol. The van der Waals surface area contributed by atoms with Gasteiger partial charge in [-0.3, -0.25) is 0 Å². The van der Waals surface area contributed by atoms with Gasteiger partial charge in [0, 0.05) is 0 Å². The van der Waals surface area contributed by atoms with Crippen LogP contribution < -0.4 is 154 Å². The Balaban J connectivity index is -0.000000135. The minimum Gasteiger partial charge on any atom is -0.343 e. The maximum Gasteiger partial charge on any atom is 1.00 e. The summed E-state index contributed by atoms with van der Waals surface area (Å²) >= 11 is 0. The van der Waals surface area contributed by atoms with Crippen LogP contribution in [0.2, 0.25) is 6.32 Å². The Kier molecular flexibility index (Phi) is 39.4. The fourth-order valence-corrected chi connectivity index (χ4v) is 0.974. The zero-order valence-corrected chi connectivity index (χ0v) is 19.1. The molecule has 0 amide bonds. The van der Waals surface area contributed by atoms with Crippen molar-refractivity contribution >= 4 is 7.85 Å². The van der Waals surface area contributed by atoms with Crippen molar-refractivity contribution in [3.63, 3.8) is 0 Å². The van der Waals surface area contributed by atoms with E-state index in [1.807, 2.05) is 0 Å². The van der Waals surface area contributed by atoms with Crippen molar-refractivity contribution in [2.75, 3.05) is 0 Å². The molecule has 0 saturated carbocycles. The molecule has 0 aliphatic heterocycles. The van der Waals surface area contributed by atoms with Gasteiger partial charge in [-0.2, -0.15) is 18.3 Å². The van der Waals surface area contributed by atoms with E-state index in [9.17, 15) is 0 Å². The first-order valence-corrected chi connectivity index (χ1v) is 3.86. The summed E-state index contributed by atoms with van der Waals surface area (Å²) in [6.07, 6.45) is 3.76. The predicted octanol–water partition coefficient (Wildman–Crippen LogP) is -6.51.